The van der Waals surface area contributed by atoms with Crippen molar-refractivity contribution in [3.8, 4) is 55.6 Å². The van der Waals surface area contributed by atoms with E-state index in [-0.39, 0.29) is 0 Å². The summed E-state index contributed by atoms with van der Waals surface area (Å²) in [5.74, 6) is 0. The van der Waals surface area contributed by atoms with E-state index in [1.54, 1.807) is 0 Å². The van der Waals surface area contributed by atoms with Crippen LogP contribution in [-0.2, 0) is 0 Å². The predicted octanol–water partition coefficient (Wildman–Crippen LogP) is 17.9. The van der Waals surface area contributed by atoms with Crippen LogP contribution in [0.25, 0.3) is 99.5 Å². The van der Waals surface area contributed by atoms with E-state index in [1.165, 1.54) is 38.9 Å². The zero-order chi connectivity index (χ0) is 43.4. The summed E-state index contributed by atoms with van der Waals surface area (Å²) in [6, 6.07) is 80.4. The van der Waals surface area contributed by atoms with Crippen LogP contribution in [-0.4, -0.2) is 0 Å². The van der Waals surface area contributed by atoms with Crippen molar-refractivity contribution in [1.29, 1.82) is 0 Å². The van der Waals surface area contributed by atoms with E-state index in [9.17, 15) is 0 Å². The van der Waals surface area contributed by atoms with Crippen LogP contribution < -0.4 is 4.90 Å². The van der Waals surface area contributed by atoms with E-state index in [0.717, 1.165) is 88.8 Å². The minimum Gasteiger partial charge on any atom is -0.455 e. The lowest BCUT2D eigenvalue weighted by Crippen LogP contribution is -2.09. The number of para-hydroxylation sites is 4. The van der Waals surface area contributed by atoms with Crippen LogP contribution in [0.15, 0.2) is 233 Å². The molecule has 0 aliphatic rings. The van der Waals surface area contributed by atoms with Gasteiger partial charge in [-0.25, -0.2) is 0 Å². The van der Waals surface area contributed by atoms with E-state index in [0.29, 0.717) is 0 Å². The summed E-state index contributed by atoms with van der Waals surface area (Å²) in [5.41, 5.74) is 20.9. The Morgan fingerprint density at radius 1 is 0.277 bits per heavy atom. The summed E-state index contributed by atoms with van der Waals surface area (Å²) < 4.78 is 12.9. The summed E-state index contributed by atoms with van der Waals surface area (Å²) in [7, 11) is 0. The number of furan rings is 2. The molecule has 0 radical (unpaired) electrons. The zero-order valence-electron chi connectivity index (χ0n) is 36.1. The first-order valence-electron chi connectivity index (χ1n) is 22.2. The van der Waals surface area contributed by atoms with E-state index >= 15 is 0 Å². The fraction of sp³-hybridized carbons (Fsp3) is 0.0323. The maximum Gasteiger partial charge on any atom is 0.143 e. The highest BCUT2D eigenvalue weighted by atomic mass is 16.3. The number of fused-ring (bicyclic) bond motifs is 6. The quantitative estimate of drug-likeness (QED) is 0.153. The summed E-state index contributed by atoms with van der Waals surface area (Å²) in [6.45, 7) is 4.32. The summed E-state index contributed by atoms with van der Waals surface area (Å²) in [5, 5.41) is 4.51. The SMILES string of the molecule is Cc1cc(C)cc(-c2ccc(-c3cccc(-c4ccc(N(c5ccc(-c6cccc7c6oc6ccccc67)cc5)c5ccc(-c6cccc7c6oc6ccccc67)cc5)cc4)c3)cc2)c1. The number of rotatable bonds is 8. The third-order valence-corrected chi connectivity index (χ3v) is 12.8. The Bertz CT molecular complexity index is 3530. The standard InChI is InChI=1S/C62H43NO2/c1-40-36-41(2)38-49(37-40)44-22-20-42(21-23-44)47-10-7-11-48(39-47)43-24-30-50(31-25-43)63(51-32-26-45(27-33-51)53-14-8-16-57-55-12-3-5-18-59(55)64-61(53)57)52-34-28-46(29-35-52)54-15-9-17-58-56-13-4-6-19-60(56)65-62(54)58/h3-39H,1-2H3. The van der Waals surface area contributed by atoms with E-state index in [2.05, 4.69) is 219 Å². The Morgan fingerprint density at radius 3 is 1.11 bits per heavy atom. The first-order valence-corrected chi connectivity index (χ1v) is 22.2. The van der Waals surface area contributed by atoms with E-state index in [1.807, 2.05) is 24.3 Å². The van der Waals surface area contributed by atoms with Gasteiger partial charge in [0.15, 0.2) is 0 Å². The molecule has 3 heteroatoms. The van der Waals surface area contributed by atoms with Crippen LogP contribution in [0.5, 0.6) is 0 Å². The number of benzene rings is 10. The molecule has 12 aromatic rings. The second-order valence-corrected chi connectivity index (χ2v) is 17.1. The lowest BCUT2D eigenvalue weighted by atomic mass is 9.96. The zero-order valence-corrected chi connectivity index (χ0v) is 36.1. The number of hydrogen-bond acceptors (Lipinski definition) is 3. The van der Waals surface area contributed by atoms with Crippen LogP contribution in [0.4, 0.5) is 17.1 Å². The predicted molar refractivity (Wildman–Crippen MR) is 272 cm³/mol. The molecule has 0 spiro atoms. The van der Waals surface area contributed by atoms with Crippen molar-refractivity contribution in [2.45, 2.75) is 13.8 Å². The molecule has 12 rings (SSSR count). The van der Waals surface area contributed by atoms with Gasteiger partial charge in [-0.3, -0.25) is 0 Å². The molecule has 0 amide bonds. The summed E-state index contributed by atoms with van der Waals surface area (Å²) in [4.78, 5) is 2.33. The Labute approximate surface area is 378 Å². The average Bonchev–Trinajstić information content (AvgIpc) is 3.94. The van der Waals surface area contributed by atoms with Gasteiger partial charge in [-0.15, -0.1) is 0 Å². The molecular formula is C62H43NO2. The number of anilines is 3. The minimum atomic E-state index is 0.899. The summed E-state index contributed by atoms with van der Waals surface area (Å²) >= 11 is 0. The maximum atomic E-state index is 6.44. The topological polar surface area (TPSA) is 29.5 Å². The van der Waals surface area contributed by atoms with Crippen molar-refractivity contribution in [2.75, 3.05) is 4.90 Å². The second kappa shape index (κ2) is 15.7. The van der Waals surface area contributed by atoms with Gasteiger partial charge in [0, 0.05) is 49.7 Å². The molecule has 2 aromatic heterocycles. The number of nitrogens with zero attached hydrogens (tertiary/aromatic N) is 1. The van der Waals surface area contributed by atoms with Crippen LogP contribution in [0.3, 0.4) is 0 Å². The highest BCUT2D eigenvalue weighted by molar-refractivity contribution is 6.10. The smallest absolute Gasteiger partial charge is 0.143 e. The van der Waals surface area contributed by atoms with Gasteiger partial charge < -0.3 is 13.7 Å². The Balaban J connectivity index is 0.895. The fourth-order valence-corrected chi connectivity index (χ4v) is 9.65. The minimum absolute atomic E-state index is 0.899. The van der Waals surface area contributed by atoms with Crippen molar-refractivity contribution >= 4 is 60.9 Å². The van der Waals surface area contributed by atoms with E-state index < -0.39 is 0 Å². The van der Waals surface area contributed by atoms with Gasteiger partial charge in [0.1, 0.15) is 22.3 Å². The lowest BCUT2D eigenvalue weighted by molar-refractivity contribution is 0.669. The third-order valence-electron chi connectivity index (χ3n) is 12.8. The molecule has 3 nitrogen and oxygen atoms in total. The molecule has 0 unspecified atom stereocenters. The Morgan fingerprint density at radius 2 is 0.646 bits per heavy atom. The molecule has 0 bridgehead atoms. The van der Waals surface area contributed by atoms with Crippen molar-refractivity contribution in [3.05, 3.63) is 236 Å². The third kappa shape index (κ3) is 6.95. The molecular weight excluding hydrogens is 791 g/mol. The molecule has 65 heavy (non-hydrogen) atoms. The van der Waals surface area contributed by atoms with E-state index in [4.69, 9.17) is 8.83 Å². The molecule has 0 atom stereocenters. The highest BCUT2D eigenvalue weighted by Crippen LogP contribution is 2.42. The van der Waals surface area contributed by atoms with Crippen molar-refractivity contribution in [3.63, 3.8) is 0 Å². The van der Waals surface area contributed by atoms with Gasteiger partial charge in [-0.05, 0) is 113 Å². The van der Waals surface area contributed by atoms with Gasteiger partial charge in [0.25, 0.3) is 0 Å². The molecule has 0 aliphatic carbocycles. The van der Waals surface area contributed by atoms with Gasteiger partial charge in [-0.1, -0.05) is 181 Å². The Hall–Kier alpha value is -8.40. The fourth-order valence-electron chi connectivity index (χ4n) is 9.65. The van der Waals surface area contributed by atoms with Crippen molar-refractivity contribution < 1.29 is 8.83 Å². The van der Waals surface area contributed by atoms with Crippen LogP contribution in [0.2, 0.25) is 0 Å². The van der Waals surface area contributed by atoms with Crippen molar-refractivity contribution in [2.24, 2.45) is 0 Å². The molecule has 0 saturated heterocycles. The molecule has 10 aromatic carbocycles. The number of hydrogen-bond donors (Lipinski definition) is 0. The second-order valence-electron chi connectivity index (χ2n) is 17.1. The average molecular weight is 834 g/mol. The maximum absolute atomic E-state index is 6.44. The highest BCUT2D eigenvalue weighted by Gasteiger charge is 2.18. The van der Waals surface area contributed by atoms with Crippen LogP contribution in [0, 0.1) is 13.8 Å². The van der Waals surface area contributed by atoms with Gasteiger partial charge in [0.05, 0.1) is 0 Å². The first-order chi connectivity index (χ1) is 32.0. The molecule has 308 valence electrons. The molecule has 0 saturated carbocycles. The largest absolute Gasteiger partial charge is 0.455 e. The van der Waals surface area contributed by atoms with Crippen LogP contribution in [0.1, 0.15) is 11.1 Å². The van der Waals surface area contributed by atoms with Gasteiger partial charge >= 0.3 is 0 Å². The van der Waals surface area contributed by atoms with Crippen LogP contribution >= 0.6 is 0 Å². The molecule has 0 N–H and O–H groups in total. The molecule has 0 aliphatic heterocycles. The van der Waals surface area contributed by atoms with Gasteiger partial charge in [0.2, 0.25) is 0 Å². The lowest BCUT2D eigenvalue weighted by Gasteiger charge is -2.26. The van der Waals surface area contributed by atoms with Gasteiger partial charge in [-0.2, -0.15) is 0 Å². The Kier molecular flexibility index (Phi) is 9.28. The summed E-state index contributed by atoms with van der Waals surface area (Å²) in [6.07, 6.45) is 0. The van der Waals surface area contributed by atoms with Crippen molar-refractivity contribution in [1.82, 2.24) is 0 Å². The first kappa shape index (κ1) is 38.3. The number of aryl methyl sites for hydroxylation is 2. The normalized spacial score (nSPS) is 11.5. The molecule has 2 heterocycles. The molecule has 0 fully saturated rings. The monoisotopic (exact) mass is 833 g/mol.